The molecule has 5 aromatic rings. The summed E-state index contributed by atoms with van der Waals surface area (Å²) in [6, 6.07) is 18.0. The number of esters is 1. The average Bonchev–Trinajstić information content (AvgIpc) is 1.74. The van der Waals surface area contributed by atoms with Crippen molar-refractivity contribution in [3.63, 3.8) is 0 Å². The number of hydrogen-bond donors (Lipinski definition) is 16. The lowest BCUT2D eigenvalue weighted by Crippen LogP contribution is -2.56. The molecule has 0 unspecified atom stereocenters. The van der Waals surface area contributed by atoms with Gasteiger partial charge in [0.05, 0.1) is 31.1 Å². The number of benzene rings is 3. The predicted molar refractivity (Wildman–Crippen MR) is 322 cm³/mol. The molecule has 0 saturated carbocycles. The molecule has 8 atom stereocenters. The van der Waals surface area contributed by atoms with Gasteiger partial charge in [-0.3, -0.25) is 34.2 Å². The Morgan fingerprint density at radius 3 is 2.02 bits per heavy atom. The van der Waals surface area contributed by atoms with Crippen molar-refractivity contribution in [3.05, 3.63) is 107 Å². The van der Waals surface area contributed by atoms with Gasteiger partial charge in [-0.15, -0.1) is 0 Å². The Morgan fingerprint density at radius 1 is 0.724 bits per heavy atom. The highest BCUT2D eigenvalue weighted by atomic mass is 33.1. The average molecular weight is 1260 g/mol. The quantitative estimate of drug-likeness (QED) is 0.0142. The molecule has 3 aromatic carbocycles. The highest BCUT2D eigenvalue weighted by Crippen LogP contribution is 2.45. The lowest BCUT2D eigenvalue weighted by molar-refractivity contribution is -0.144. The molecule has 0 spiro atoms. The van der Waals surface area contributed by atoms with Gasteiger partial charge in [-0.25, -0.2) is 19.6 Å². The third-order valence-electron chi connectivity index (χ3n) is 13.7. The molecular formula is C56H70N12O16S3. The molecule has 468 valence electrons. The molecule has 0 aliphatic heterocycles. The van der Waals surface area contributed by atoms with Gasteiger partial charge in [-0.1, -0.05) is 77.0 Å². The van der Waals surface area contributed by atoms with E-state index in [0.717, 1.165) is 21.6 Å². The van der Waals surface area contributed by atoms with Crippen LogP contribution in [0.2, 0.25) is 0 Å². The van der Waals surface area contributed by atoms with E-state index in [4.69, 9.17) is 21.0 Å². The van der Waals surface area contributed by atoms with E-state index >= 15 is 0 Å². The van der Waals surface area contributed by atoms with Gasteiger partial charge in [0, 0.05) is 78.5 Å². The summed E-state index contributed by atoms with van der Waals surface area (Å²) in [7, 11) is 2.12. The van der Waals surface area contributed by atoms with Crippen LogP contribution in [0.4, 0.5) is 11.6 Å². The maximum absolute atomic E-state index is 13.8. The van der Waals surface area contributed by atoms with Gasteiger partial charge < -0.3 is 83.1 Å². The van der Waals surface area contributed by atoms with E-state index in [2.05, 4.69) is 76.1 Å². The third kappa shape index (κ3) is 20.6. The smallest absolute Gasteiger partial charge is 0.327 e. The molecule has 1 aliphatic carbocycles. The number of aliphatic hydroxyl groups is 5. The number of aromatic nitrogens is 4. The number of nitrogens with one attached hydrogen (secondary N) is 8. The predicted octanol–water partition coefficient (Wildman–Crippen LogP) is -0.0109. The van der Waals surface area contributed by atoms with Crippen molar-refractivity contribution in [2.45, 2.75) is 94.0 Å². The number of carboxylic acids is 2. The minimum absolute atomic E-state index is 0.0287. The Morgan fingerprint density at radius 2 is 1.36 bits per heavy atom. The number of thioether (sulfide) groups is 1. The molecule has 1 aliphatic rings. The first-order valence-electron chi connectivity index (χ1n) is 27.4. The molecular weight excluding hydrogens is 1190 g/mol. The van der Waals surface area contributed by atoms with Crippen LogP contribution in [0.1, 0.15) is 72.1 Å². The highest BCUT2D eigenvalue weighted by molar-refractivity contribution is 8.76. The largest absolute Gasteiger partial charge is 0.480 e. The summed E-state index contributed by atoms with van der Waals surface area (Å²) < 4.78 is 5.23. The van der Waals surface area contributed by atoms with Gasteiger partial charge in [0.15, 0.2) is 16.7 Å². The van der Waals surface area contributed by atoms with Crippen molar-refractivity contribution >= 4 is 104 Å². The Bertz CT molecular complexity index is 3230. The van der Waals surface area contributed by atoms with Gasteiger partial charge in [0.1, 0.15) is 43.0 Å². The maximum Gasteiger partial charge on any atom is 0.327 e. The van der Waals surface area contributed by atoms with E-state index in [1.165, 1.54) is 47.5 Å². The van der Waals surface area contributed by atoms with Crippen LogP contribution >= 0.6 is 33.3 Å². The van der Waals surface area contributed by atoms with Gasteiger partial charge >= 0.3 is 17.9 Å². The van der Waals surface area contributed by atoms with Crippen molar-refractivity contribution in [2.75, 3.05) is 60.4 Å². The molecule has 87 heavy (non-hydrogen) atoms. The van der Waals surface area contributed by atoms with Gasteiger partial charge in [0.25, 0.3) is 5.91 Å². The number of rotatable bonds is 36. The third-order valence-corrected chi connectivity index (χ3v) is 17.1. The summed E-state index contributed by atoms with van der Waals surface area (Å²) >= 11 is 1.58. The molecule has 0 bridgehead atoms. The van der Waals surface area contributed by atoms with Crippen molar-refractivity contribution < 1.29 is 78.8 Å². The number of ether oxygens (including phenoxy) is 1. The van der Waals surface area contributed by atoms with E-state index in [-0.39, 0.29) is 90.8 Å². The fourth-order valence-corrected chi connectivity index (χ4v) is 11.8. The number of nitrogens with two attached hydrogens (primary N) is 1. The fourth-order valence-electron chi connectivity index (χ4n) is 8.76. The lowest BCUT2D eigenvalue weighted by atomic mass is 9.99. The van der Waals surface area contributed by atoms with Gasteiger partial charge in [0.2, 0.25) is 29.6 Å². The first-order valence-corrected chi connectivity index (χ1v) is 31.1. The SMILES string of the molecule is C[C@@H](CCC(=O)NC[C@H](O)[C@@H](O)[C@H](O)[C@H](O)CO)C(=O)N[C@@H](CNC(=O)CCSCC1c2ccccc2-c2ccccc21)C(=O)N[C@@H](CSSCCOC(=O)CC[C@H](NC(=O)c1ccc(NCc2cnc3nc(N)[nH]c(=N)c3n2)cc1)C(=O)O)C(=O)O. The molecule has 6 rings (SSSR count). The number of anilines is 2. The minimum atomic E-state index is -1.91. The number of H-pyrrole nitrogens is 1. The number of aromatic amines is 1. The Labute approximate surface area is 510 Å². The van der Waals surface area contributed by atoms with E-state index < -0.39 is 116 Å². The Kier molecular flexibility index (Phi) is 26.5. The fraction of sp³-hybridized carbons (Fsp3) is 0.429. The zero-order valence-corrected chi connectivity index (χ0v) is 49.5. The number of aliphatic hydroxyl groups excluding tert-OH is 5. The summed E-state index contributed by atoms with van der Waals surface area (Å²) in [5, 5.41) is 92.0. The monoisotopic (exact) mass is 1260 g/mol. The maximum atomic E-state index is 13.8. The molecule has 2 heterocycles. The van der Waals surface area contributed by atoms with Gasteiger partial charge in [-0.05, 0) is 59.4 Å². The van der Waals surface area contributed by atoms with E-state index in [1.54, 1.807) is 23.9 Å². The lowest BCUT2D eigenvalue weighted by Gasteiger charge is -2.25. The summed E-state index contributed by atoms with van der Waals surface area (Å²) in [5.74, 6) is -6.78. The molecule has 17 N–H and O–H groups in total. The summed E-state index contributed by atoms with van der Waals surface area (Å²) in [6.45, 7) is -0.371. The topological polar surface area (TPSA) is 464 Å². The second-order valence-corrected chi connectivity index (χ2v) is 23.8. The summed E-state index contributed by atoms with van der Waals surface area (Å²) in [5.41, 5.74) is 12.0. The van der Waals surface area contributed by atoms with Crippen LogP contribution in [-0.2, 0) is 44.8 Å². The Balaban J connectivity index is 0.933. The first kappa shape index (κ1) is 68.2. The Hall–Kier alpha value is -7.91. The number of nitrogens with zero attached hydrogens (tertiary/aromatic N) is 3. The van der Waals surface area contributed by atoms with Gasteiger partial charge in [-0.2, -0.15) is 16.7 Å². The number of nitrogen functional groups attached to an aromatic ring is 1. The van der Waals surface area contributed by atoms with Crippen LogP contribution in [0.25, 0.3) is 22.3 Å². The number of carboxylic acid groups (broad SMARTS) is 2. The summed E-state index contributed by atoms with van der Waals surface area (Å²) in [4.78, 5) is 118. The molecule has 5 amide bonds. The molecule has 0 saturated heterocycles. The second-order valence-electron chi connectivity index (χ2n) is 20.1. The zero-order valence-electron chi connectivity index (χ0n) is 47.0. The standard InChI is InChI=1S/C56H70N12O16S3/c1-29(10-16-43(72)61-25-41(70)47(75)48(76)42(71)26-69)51(77)65-39(24-60-44(73)18-20-85-27-37-35-8-4-2-6-33(35)34-7-3-5-9-36(34)37)53(79)66-40(55(82)83)28-87-86-21-19-84-45(74)17-15-38(54(80)81)64-52(78)30-11-13-31(14-12-30)59-22-32-23-62-50-46(63-32)49(57)67-56(58)68-50/h2-9,11-14,23,29,37-42,47-48,59,69-71,75-76H,10,15-22,24-28H2,1H3,(H,60,73)(H,61,72)(H,64,78)(H,65,77)(H,66,79)(H,80,81)(H,82,83)(H4,57,58,62,67,68)/t29-,38-,39-,40-,41-,42+,47+,48+/m0/s1. The highest BCUT2D eigenvalue weighted by Gasteiger charge is 2.32. The van der Waals surface area contributed by atoms with Crippen LogP contribution in [0.5, 0.6) is 0 Å². The molecule has 28 nitrogen and oxygen atoms in total. The minimum Gasteiger partial charge on any atom is -0.480 e. The van der Waals surface area contributed by atoms with Crippen LogP contribution in [0, 0.1) is 11.3 Å². The molecule has 31 heteroatoms. The normalized spacial score (nSPS) is 14.6. The van der Waals surface area contributed by atoms with Crippen LogP contribution in [0.15, 0.2) is 79.0 Å². The van der Waals surface area contributed by atoms with E-state index in [0.29, 0.717) is 22.9 Å². The number of aliphatic carboxylic acids is 2. The molecule has 2 aromatic heterocycles. The van der Waals surface area contributed by atoms with Crippen molar-refractivity contribution in [1.82, 2.24) is 46.5 Å². The van der Waals surface area contributed by atoms with E-state index in [9.17, 15) is 69.0 Å². The number of amides is 5. The number of carbonyl (C=O) groups is 8. The first-order chi connectivity index (χ1) is 41.6. The van der Waals surface area contributed by atoms with Crippen LogP contribution in [-0.4, -0.2) is 195 Å². The number of hydrogen-bond acceptors (Lipinski definition) is 23. The van der Waals surface area contributed by atoms with Crippen LogP contribution < -0.4 is 43.1 Å². The number of carbonyl (C=O) groups excluding carboxylic acids is 6. The number of fused-ring (bicyclic) bond motifs is 4. The van der Waals surface area contributed by atoms with Crippen molar-refractivity contribution in [2.24, 2.45) is 5.92 Å². The second kappa shape index (κ2) is 33.8. The molecule has 0 radical (unpaired) electrons. The zero-order chi connectivity index (χ0) is 63.2. The molecule has 0 fully saturated rings. The summed E-state index contributed by atoms with van der Waals surface area (Å²) in [6.07, 6.45) is -6.81. The van der Waals surface area contributed by atoms with Crippen LogP contribution in [0.3, 0.4) is 0 Å². The van der Waals surface area contributed by atoms with Crippen molar-refractivity contribution in [3.8, 4) is 11.1 Å². The van der Waals surface area contributed by atoms with Crippen molar-refractivity contribution in [1.29, 1.82) is 5.41 Å². The van der Waals surface area contributed by atoms with E-state index in [1.807, 2.05) is 24.3 Å².